The first kappa shape index (κ1) is 22.8. The predicted octanol–water partition coefficient (Wildman–Crippen LogP) is 7.14. The zero-order valence-electron chi connectivity index (χ0n) is 18.1. The molecule has 1 saturated carbocycles. The third-order valence-corrected chi connectivity index (χ3v) is 7.44. The van der Waals surface area contributed by atoms with E-state index in [0.29, 0.717) is 0 Å². The summed E-state index contributed by atoms with van der Waals surface area (Å²) in [6, 6.07) is 17.4. The van der Waals surface area contributed by atoms with Crippen LogP contribution in [0.25, 0.3) is 0 Å². The first-order valence-electron chi connectivity index (χ1n) is 10.4. The van der Waals surface area contributed by atoms with Crippen LogP contribution in [-0.4, -0.2) is 17.5 Å². The van der Waals surface area contributed by atoms with Gasteiger partial charge in [-0.2, -0.15) is 0 Å². The van der Waals surface area contributed by atoms with Crippen LogP contribution in [0.15, 0.2) is 64.9 Å². The summed E-state index contributed by atoms with van der Waals surface area (Å²) in [5, 5.41) is 0. The zero-order chi connectivity index (χ0) is 21.6. The van der Waals surface area contributed by atoms with Gasteiger partial charge < -0.3 is 9.47 Å². The Labute approximate surface area is 188 Å². The molecule has 0 bridgehead atoms. The van der Waals surface area contributed by atoms with Crippen molar-refractivity contribution >= 4 is 29.5 Å². The van der Waals surface area contributed by atoms with Crippen molar-refractivity contribution < 1.29 is 14.3 Å². The predicted molar refractivity (Wildman–Crippen MR) is 128 cm³/mol. The number of hydrogen-bond acceptors (Lipinski definition) is 5. The molecule has 1 fully saturated rings. The Hall–Kier alpha value is -1.85. The number of rotatable bonds is 10. The minimum absolute atomic E-state index is 0.0524. The highest BCUT2D eigenvalue weighted by molar-refractivity contribution is 8.22. The van der Waals surface area contributed by atoms with Crippen molar-refractivity contribution in [3.8, 4) is 11.5 Å². The van der Waals surface area contributed by atoms with Crippen LogP contribution < -0.4 is 4.74 Å². The summed E-state index contributed by atoms with van der Waals surface area (Å²) >= 11 is 3.71. The summed E-state index contributed by atoms with van der Waals surface area (Å²) in [6.07, 6.45) is 2.28. The van der Waals surface area contributed by atoms with E-state index in [1.165, 1.54) is 4.24 Å². The SMILES string of the molecule is CCSC(=CC1C(C(=O)OCc2cccc(Oc3ccccc3)c2)C1(C)C)SCC. The molecule has 0 radical (unpaired) electrons. The number of carbonyl (C=O) groups is 1. The van der Waals surface area contributed by atoms with Crippen molar-refractivity contribution in [3.05, 3.63) is 70.5 Å². The maximum Gasteiger partial charge on any atom is 0.310 e. The van der Waals surface area contributed by atoms with Gasteiger partial charge in [-0.1, -0.05) is 64.1 Å². The van der Waals surface area contributed by atoms with Crippen LogP contribution in [0.5, 0.6) is 11.5 Å². The van der Waals surface area contributed by atoms with Gasteiger partial charge in [-0.15, -0.1) is 23.5 Å². The number of ether oxygens (including phenoxy) is 2. The first-order chi connectivity index (χ1) is 14.5. The van der Waals surface area contributed by atoms with Crippen LogP contribution in [0.4, 0.5) is 0 Å². The average molecular weight is 443 g/mol. The fourth-order valence-corrected chi connectivity index (χ4v) is 5.67. The molecule has 0 aliphatic heterocycles. The van der Waals surface area contributed by atoms with Gasteiger partial charge in [-0.25, -0.2) is 0 Å². The van der Waals surface area contributed by atoms with Gasteiger partial charge in [0, 0.05) is 4.24 Å². The maximum absolute atomic E-state index is 12.8. The molecule has 0 amide bonds. The van der Waals surface area contributed by atoms with E-state index in [1.807, 2.05) is 78.1 Å². The molecule has 2 aromatic carbocycles. The number of allylic oxidation sites excluding steroid dienone is 1. The third kappa shape index (κ3) is 5.86. The number of hydrogen-bond donors (Lipinski definition) is 0. The normalized spacial score (nSPS) is 19.1. The first-order valence-corrected chi connectivity index (χ1v) is 12.4. The van der Waals surface area contributed by atoms with Gasteiger partial charge in [0.05, 0.1) is 5.92 Å². The molecule has 1 aliphatic carbocycles. The van der Waals surface area contributed by atoms with Crippen LogP contribution in [-0.2, 0) is 16.1 Å². The molecule has 1 aliphatic rings. The van der Waals surface area contributed by atoms with E-state index < -0.39 is 0 Å². The average Bonchev–Trinajstić information content (AvgIpc) is 3.27. The van der Waals surface area contributed by atoms with Crippen LogP contribution in [0.1, 0.15) is 33.3 Å². The second-order valence-electron chi connectivity index (χ2n) is 7.85. The lowest BCUT2D eigenvalue weighted by molar-refractivity contribution is -0.147. The Morgan fingerprint density at radius 3 is 2.33 bits per heavy atom. The summed E-state index contributed by atoms with van der Waals surface area (Å²) in [7, 11) is 0. The van der Waals surface area contributed by atoms with Gasteiger partial charge in [0.1, 0.15) is 18.1 Å². The molecule has 2 unspecified atom stereocenters. The molecular weight excluding hydrogens is 412 g/mol. The van der Waals surface area contributed by atoms with E-state index in [-0.39, 0.29) is 29.8 Å². The van der Waals surface area contributed by atoms with Crippen molar-refractivity contribution in [2.24, 2.45) is 17.3 Å². The largest absolute Gasteiger partial charge is 0.461 e. The highest BCUT2D eigenvalue weighted by Gasteiger charge is 2.61. The Bertz CT molecular complexity index is 869. The molecule has 2 aromatic rings. The highest BCUT2D eigenvalue weighted by atomic mass is 32.2. The number of esters is 1. The second-order valence-corrected chi connectivity index (χ2v) is 10.7. The minimum atomic E-state index is -0.113. The van der Waals surface area contributed by atoms with Crippen LogP contribution in [0, 0.1) is 17.3 Å². The zero-order valence-corrected chi connectivity index (χ0v) is 19.7. The molecule has 0 N–H and O–H groups in total. The molecular formula is C25H30O3S2. The number of benzene rings is 2. The topological polar surface area (TPSA) is 35.5 Å². The van der Waals surface area contributed by atoms with Crippen molar-refractivity contribution in [1.82, 2.24) is 0 Å². The molecule has 3 rings (SSSR count). The molecule has 0 spiro atoms. The van der Waals surface area contributed by atoms with Gasteiger partial charge in [-0.3, -0.25) is 4.79 Å². The van der Waals surface area contributed by atoms with Crippen molar-refractivity contribution in [3.63, 3.8) is 0 Å². The van der Waals surface area contributed by atoms with Gasteiger partial charge in [0.25, 0.3) is 0 Å². The van der Waals surface area contributed by atoms with Crippen LogP contribution >= 0.6 is 23.5 Å². The van der Waals surface area contributed by atoms with Gasteiger partial charge in [-0.05, 0) is 52.7 Å². The molecule has 160 valence electrons. The molecule has 0 saturated heterocycles. The van der Waals surface area contributed by atoms with E-state index in [4.69, 9.17) is 9.47 Å². The van der Waals surface area contributed by atoms with Gasteiger partial charge >= 0.3 is 5.97 Å². The fourth-order valence-electron chi connectivity index (χ4n) is 3.58. The molecule has 5 heteroatoms. The molecule has 30 heavy (non-hydrogen) atoms. The fraction of sp³-hybridized carbons (Fsp3) is 0.400. The molecule has 2 atom stereocenters. The van der Waals surface area contributed by atoms with Crippen LogP contribution in [0.3, 0.4) is 0 Å². The lowest BCUT2D eigenvalue weighted by Crippen LogP contribution is -2.10. The summed E-state index contributed by atoms with van der Waals surface area (Å²) in [6.45, 7) is 8.88. The van der Waals surface area contributed by atoms with Gasteiger partial charge in [0.15, 0.2) is 0 Å². The third-order valence-electron chi connectivity index (χ3n) is 5.31. The Balaban J connectivity index is 1.59. The summed E-state index contributed by atoms with van der Waals surface area (Å²) < 4.78 is 12.9. The Kier molecular flexibility index (Phi) is 7.95. The monoisotopic (exact) mass is 442 g/mol. The van der Waals surface area contributed by atoms with E-state index >= 15 is 0 Å². The van der Waals surface area contributed by atoms with Crippen molar-refractivity contribution in [2.45, 2.75) is 34.3 Å². The summed E-state index contributed by atoms with van der Waals surface area (Å²) in [5.41, 5.74) is 0.870. The minimum Gasteiger partial charge on any atom is -0.461 e. The lowest BCUT2D eigenvalue weighted by Gasteiger charge is -2.09. The standard InChI is InChI=1S/C25H30O3S2/c1-5-29-22(30-6-2)16-21-23(25(21,3)4)24(26)27-17-18-11-10-14-20(15-18)28-19-12-8-7-9-13-19/h7-16,21,23H,5-6,17H2,1-4H3. The Morgan fingerprint density at radius 2 is 1.67 bits per heavy atom. The van der Waals surface area contributed by atoms with E-state index in [9.17, 15) is 4.79 Å². The van der Waals surface area contributed by atoms with E-state index in [2.05, 4.69) is 33.8 Å². The van der Waals surface area contributed by atoms with Gasteiger partial charge in [0.2, 0.25) is 0 Å². The van der Waals surface area contributed by atoms with E-state index in [1.54, 1.807) is 0 Å². The highest BCUT2D eigenvalue weighted by Crippen LogP contribution is 2.60. The lowest BCUT2D eigenvalue weighted by atomic mass is 10.1. The van der Waals surface area contributed by atoms with Crippen molar-refractivity contribution in [2.75, 3.05) is 11.5 Å². The second kappa shape index (κ2) is 10.5. The molecule has 0 aromatic heterocycles. The summed E-state index contributed by atoms with van der Waals surface area (Å²) in [4.78, 5) is 12.8. The molecule has 0 heterocycles. The summed E-state index contributed by atoms with van der Waals surface area (Å²) in [5.74, 6) is 3.66. The smallest absolute Gasteiger partial charge is 0.310 e. The number of para-hydroxylation sites is 1. The van der Waals surface area contributed by atoms with Crippen LogP contribution in [0.2, 0.25) is 0 Å². The number of carbonyl (C=O) groups excluding carboxylic acids is 1. The number of thioether (sulfide) groups is 2. The van der Waals surface area contributed by atoms with Crippen molar-refractivity contribution in [1.29, 1.82) is 0 Å². The molecule has 3 nitrogen and oxygen atoms in total. The maximum atomic E-state index is 12.8. The van der Waals surface area contributed by atoms with E-state index in [0.717, 1.165) is 28.6 Å². The quantitative estimate of drug-likeness (QED) is 0.365. The Morgan fingerprint density at radius 1 is 1.00 bits per heavy atom.